The SMILES string of the molecule is [B]OC(=O)[C@H](CC(=O)OCCCC)NC(=O)c1ccc(-c2ccc(C(=O)NCNC(=O)[C@H](CCCCC)[C@@H](CC)N(C=O)OC(=O)C3CCN(C(=O)OC(C)(C)C)CC3)o2)cc1OCC. The zero-order chi connectivity index (χ0) is 48.1. The van der Waals surface area contributed by atoms with Crippen molar-refractivity contribution in [3.63, 3.8) is 0 Å². The Labute approximate surface area is 381 Å². The first-order valence-corrected chi connectivity index (χ1v) is 22.2. The quantitative estimate of drug-likeness (QED) is 0.0292. The molecule has 1 aliphatic rings. The van der Waals surface area contributed by atoms with E-state index in [9.17, 15) is 38.4 Å². The van der Waals surface area contributed by atoms with E-state index in [1.165, 1.54) is 35.2 Å². The third kappa shape index (κ3) is 16.8. The van der Waals surface area contributed by atoms with Gasteiger partial charge in [-0.25, -0.2) is 9.59 Å². The molecule has 3 rings (SSSR count). The number of unbranched alkanes of at least 4 members (excludes halogenated alkanes) is 3. The summed E-state index contributed by atoms with van der Waals surface area (Å²) in [5, 5.41) is 8.67. The fraction of sp³-hybridized carbons (Fsp3) is 0.600. The second-order valence-electron chi connectivity index (χ2n) is 16.5. The van der Waals surface area contributed by atoms with Gasteiger partial charge in [-0.1, -0.05) is 52.5 Å². The number of furan rings is 1. The van der Waals surface area contributed by atoms with Crippen LogP contribution in [0, 0.1) is 11.8 Å². The van der Waals surface area contributed by atoms with E-state index in [4.69, 9.17) is 31.5 Å². The summed E-state index contributed by atoms with van der Waals surface area (Å²) in [5.41, 5.74) is -0.205. The number of hydrogen-bond acceptors (Lipinski definition) is 14. The monoisotopic (exact) mass is 909 g/mol. The maximum Gasteiger partial charge on any atom is 0.410 e. The number of amides is 5. The van der Waals surface area contributed by atoms with Crippen LogP contribution < -0.4 is 20.7 Å². The van der Waals surface area contributed by atoms with Crippen molar-refractivity contribution >= 4 is 56.2 Å². The van der Waals surface area contributed by atoms with Gasteiger partial charge in [-0.05, 0) is 84.1 Å². The molecule has 1 aromatic carbocycles. The van der Waals surface area contributed by atoms with Gasteiger partial charge in [0, 0.05) is 18.7 Å². The number of likely N-dealkylation sites (tertiary alicyclic amines) is 1. The summed E-state index contributed by atoms with van der Waals surface area (Å²) in [6, 6.07) is 5.18. The maximum atomic E-state index is 13.7. The Morgan fingerprint density at radius 3 is 2.26 bits per heavy atom. The van der Waals surface area contributed by atoms with Crippen LogP contribution in [-0.4, -0.2) is 117 Å². The molecule has 356 valence electrons. The van der Waals surface area contributed by atoms with Crippen molar-refractivity contribution in [2.45, 2.75) is 130 Å². The molecule has 2 aromatic rings. The largest absolute Gasteiger partial charge is 0.542 e. The molecule has 1 aliphatic heterocycles. The van der Waals surface area contributed by atoms with Gasteiger partial charge in [0.05, 0.1) is 49.7 Å². The highest BCUT2D eigenvalue weighted by atomic mass is 16.7. The Bertz CT molecular complexity index is 1930. The molecule has 0 saturated carbocycles. The Morgan fingerprint density at radius 2 is 1.65 bits per heavy atom. The van der Waals surface area contributed by atoms with E-state index < -0.39 is 77.7 Å². The van der Waals surface area contributed by atoms with Gasteiger partial charge in [0.15, 0.2) is 5.76 Å². The number of ether oxygens (including phenoxy) is 3. The van der Waals surface area contributed by atoms with E-state index in [1.54, 1.807) is 34.6 Å². The molecule has 2 radical (unpaired) electrons. The molecule has 0 bridgehead atoms. The molecule has 20 heteroatoms. The summed E-state index contributed by atoms with van der Waals surface area (Å²) >= 11 is 0. The number of hydrogen-bond donors (Lipinski definition) is 3. The smallest absolute Gasteiger partial charge is 0.410 e. The third-order valence-electron chi connectivity index (χ3n) is 10.4. The Hall–Kier alpha value is -6.08. The molecule has 5 amide bonds. The minimum Gasteiger partial charge on any atom is -0.542 e. The minimum atomic E-state index is -1.43. The molecule has 0 aliphatic carbocycles. The zero-order valence-electron chi connectivity index (χ0n) is 38.6. The van der Waals surface area contributed by atoms with Crippen LogP contribution in [0.2, 0.25) is 0 Å². The molecule has 1 aromatic heterocycles. The van der Waals surface area contributed by atoms with Gasteiger partial charge in [-0.2, -0.15) is 5.06 Å². The molecule has 0 unspecified atom stereocenters. The van der Waals surface area contributed by atoms with E-state index in [0.717, 1.165) is 24.3 Å². The van der Waals surface area contributed by atoms with E-state index >= 15 is 0 Å². The van der Waals surface area contributed by atoms with Crippen molar-refractivity contribution in [3.8, 4) is 17.1 Å². The fourth-order valence-electron chi connectivity index (χ4n) is 6.97. The lowest BCUT2D eigenvalue weighted by molar-refractivity contribution is -0.209. The van der Waals surface area contributed by atoms with Gasteiger partial charge in [-0.15, -0.1) is 0 Å². The summed E-state index contributed by atoms with van der Waals surface area (Å²) in [6.45, 7) is 13.3. The second-order valence-corrected chi connectivity index (χ2v) is 16.5. The molecular formula is C45H64BN5O14. The summed E-state index contributed by atoms with van der Waals surface area (Å²) in [5.74, 6) is -5.38. The first kappa shape index (κ1) is 53.3. The van der Waals surface area contributed by atoms with Crippen LogP contribution in [0.1, 0.15) is 134 Å². The molecule has 0 spiro atoms. The average molecular weight is 910 g/mol. The molecule has 65 heavy (non-hydrogen) atoms. The van der Waals surface area contributed by atoms with Crippen molar-refractivity contribution in [1.29, 1.82) is 0 Å². The van der Waals surface area contributed by atoms with Crippen molar-refractivity contribution in [3.05, 3.63) is 41.7 Å². The van der Waals surface area contributed by atoms with Crippen LogP contribution in [0.15, 0.2) is 34.7 Å². The van der Waals surface area contributed by atoms with Crippen LogP contribution in [0.3, 0.4) is 0 Å². The van der Waals surface area contributed by atoms with Crippen molar-refractivity contribution in [2.24, 2.45) is 11.8 Å². The lowest BCUT2D eigenvalue weighted by atomic mass is 9.90. The van der Waals surface area contributed by atoms with Crippen molar-refractivity contribution < 1.29 is 66.5 Å². The predicted molar refractivity (Wildman–Crippen MR) is 236 cm³/mol. The summed E-state index contributed by atoms with van der Waals surface area (Å²) in [4.78, 5) is 110. The molecule has 3 N–H and O–H groups in total. The minimum absolute atomic E-state index is 0.0233. The Morgan fingerprint density at radius 1 is 0.938 bits per heavy atom. The Kier molecular flexibility index (Phi) is 21.8. The van der Waals surface area contributed by atoms with E-state index in [2.05, 4.69) is 20.6 Å². The van der Waals surface area contributed by atoms with Crippen LogP contribution in [0.4, 0.5) is 4.79 Å². The third-order valence-corrected chi connectivity index (χ3v) is 10.4. The average Bonchev–Trinajstić information content (AvgIpc) is 3.78. The van der Waals surface area contributed by atoms with Crippen molar-refractivity contribution in [1.82, 2.24) is 25.9 Å². The summed E-state index contributed by atoms with van der Waals surface area (Å²) < 4.78 is 26.4. The van der Waals surface area contributed by atoms with E-state index in [-0.39, 0.29) is 62.2 Å². The number of carbonyl (C=O) groups is 8. The molecular weight excluding hydrogens is 845 g/mol. The maximum absolute atomic E-state index is 13.7. The highest BCUT2D eigenvalue weighted by Crippen LogP contribution is 2.30. The fourth-order valence-corrected chi connectivity index (χ4v) is 6.97. The summed E-state index contributed by atoms with van der Waals surface area (Å²) in [7, 11) is 5.05. The summed E-state index contributed by atoms with van der Waals surface area (Å²) in [6.07, 6.45) is 4.48. The topological polar surface area (TPSA) is 238 Å². The predicted octanol–water partition coefficient (Wildman–Crippen LogP) is 5.15. The van der Waals surface area contributed by atoms with Gasteiger partial charge < -0.3 is 49.0 Å². The van der Waals surface area contributed by atoms with Crippen LogP contribution in [0.25, 0.3) is 11.3 Å². The molecule has 2 heterocycles. The highest BCUT2D eigenvalue weighted by molar-refractivity contribution is 6.08. The van der Waals surface area contributed by atoms with Gasteiger partial charge >= 0.3 is 32.1 Å². The lowest BCUT2D eigenvalue weighted by Crippen LogP contribution is -2.50. The first-order chi connectivity index (χ1) is 31.0. The number of benzene rings is 1. The molecule has 1 saturated heterocycles. The zero-order valence-corrected chi connectivity index (χ0v) is 38.6. The number of esters is 1. The number of carbonyl (C=O) groups excluding carboxylic acids is 8. The highest BCUT2D eigenvalue weighted by Gasteiger charge is 2.37. The standard InChI is InChI=1S/C45H64BN5O14/c1-8-12-14-15-31(34(10-3)51(28-52)65-42(57)29-20-22-50(23-21-29)44(59)63-45(5,6)7)39(54)47-27-48-41(56)36-19-18-35(62-36)30-16-17-32(37(25-30)60-11-4)40(55)49-33(43(58)64-46)26-38(53)61-24-13-9-2/h16-19,25,28-29,31,33-34H,8-15,20-24,26-27H2,1-7H3,(H,47,54)(H,48,56)(H,49,55)/t31-,33+,34-/m1/s1. The van der Waals surface area contributed by atoms with E-state index in [0.29, 0.717) is 44.1 Å². The number of hydroxylamine groups is 2. The van der Waals surface area contributed by atoms with Gasteiger partial charge in [0.1, 0.15) is 23.2 Å². The lowest BCUT2D eigenvalue weighted by Gasteiger charge is -2.35. The number of nitrogens with one attached hydrogen (secondary N) is 3. The molecule has 3 atom stereocenters. The van der Waals surface area contributed by atoms with Gasteiger partial charge in [0.25, 0.3) is 11.8 Å². The Balaban J connectivity index is 1.65. The number of rotatable bonds is 25. The van der Waals surface area contributed by atoms with Crippen LogP contribution in [0.5, 0.6) is 5.75 Å². The van der Waals surface area contributed by atoms with E-state index in [1.807, 2.05) is 13.8 Å². The van der Waals surface area contributed by atoms with Gasteiger partial charge in [0.2, 0.25) is 12.3 Å². The van der Waals surface area contributed by atoms with Crippen LogP contribution in [-0.2, 0) is 42.9 Å². The number of nitrogens with zero attached hydrogens (tertiary/aromatic N) is 2. The van der Waals surface area contributed by atoms with Crippen molar-refractivity contribution in [2.75, 3.05) is 33.0 Å². The molecule has 1 fully saturated rings. The second kappa shape index (κ2) is 26.6. The van der Waals surface area contributed by atoms with Crippen LogP contribution >= 0.6 is 0 Å². The molecule has 19 nitrogen and oxygen atoms in total. The van der Waals surface area contributed by atoms with Gasteiger partial charge in [-0.3, -0.25) is 28.8 Å². The number of piperidine rings is 1. The first-order valence-electron chi connectivity index (χ1n) is 22.2. The normalized spacial score (nSPS) is 14.2.